The molecule has 7 heteroatoms. The highest BCUT2D eigenvalue weighted by atomic mass is 35.5. The Kier molecular flexibility index (Phi) is 6.75. The maximum atomic E-state index is 12.6. The number of hydrogen-bond donors (Lipinski definition) is 1. The molecule has 1 aliphatic carbocycles. The van der Waals surface area contributed by atoms with E-state index in [9.17, 15) is 8.42 Å². The second-order valence-corrected chi connectivity index (χ2v) is 11.9. The monoisotopic (exact) mass is 554 g/mol. The van der Waals surface area contributed by atoms with Crippen molar-refractivity contribution in [2.75, 3.05) is 5.32 Å². The summed E-state index contributed by atoms with van der Waals surface area (Å²) in [6.07, 6.45) is 7.40. The summed E-state index contributed by atoms with van der Waals surface area (Å²) in [7, 11) is -3.98. The minimum absolute atomic E-state index is 0.0695. The summed E-state index contributed by atoms with van der Waals surface area (Å²) in [5.41, 5.74) is 6.32. The Labute approximate surface area is 234 Å². The van der Waals surface area contributed by atoms with Crippen molar-refractivity contribution < 1.29 is 12.6 Å². The van der Waals surface area contributed by atoms with Gasteiger partial charge in [-0.15, -0.1) is 0 Å². The molecule has 6 rings (SSSR count). The molecule has 0 amide bonds. The maximum absolute atomic E-state index is 12.6. The predicted molar refractivity (Wildman–Crippen MR) is 157 cm³/mol. The standard InChI is InChI=1S/C32H27ClN2O3S/c1-21-9-16-25(17-10-21)39(36,37)38-31-18-11-22(19-29(31)33)20-34-24-14-12-23(13-15-24)32-28-7-4-6-26(28)27-5-2-3-8-30(27)35-32/h2-6,8-20,26,28,32,35H,7H2,1H3/t26-,28+,32+/m1/s1. The molecule has 1 heterocycles. The Morgan fingerprint density at radius 1 is 0.974 bits per heavy atom. The van der Waals surface area contributed by atoms with Crippen LogP contribution < -0.4 is 9.50 Å². The van der Waals surface area contributed by atoms with Crippen molar-refractivity contribution in [3.8, 4) is 5.75 Å². The average Bonchev–Trinajstić information content (AvgIpc) is 3.44. The number of hydrogen-bond acceptors (Lipinski definition) is 5. The van der Waals surface area contributed by atoms with Gasteiger partial charge in [-0.25, -0.2) is 0 Å². The summed E-state index contributed by atoms with van der Waals surface area (Å²) >= 11 is 6.35. The van der Waals surface area contributed by atoms with E-state index in [1.165, 1.54) is 35.0 Å². The first kappa shape index (κ1) is 25.4. The fourth-order valence-corrected chi connectivity index (χ4v) is 6.55. The van der Waals surface area contributed by atoms with Gasteiger partial charge in [0.2, 0.25) is 0 Å². The summed E-state index contributed by atoms with van der Waals surface area (Å²) in [6, 6.07) is 28.4. The van der Waals surface area contributed by atoms with Crippen LogP contribution in [0.25, 0.3) is 0 Å². The number of fused-ring (bicyclic) bond motifs is 3. The topological polar surface area (TPSA) is 67.8 Å². The van der Waals surface area contributed by atoms with E-state index in [0.717, 1.165) is 23.2 Å². The van der Waals surface area contributed by atoms with Crippen LogP contribution in [0.5, 0.6) is 5.75 Å². The number of nitrogens with zero attached hydrogens (tertiary/aromatic N) is 1. The Hall–Kier alpha value is -3.87. The van der Waals surface area contributed by atoms with E-state index in [-0.39, 0.29) is 21.7 Å². The fourth-order valence-electron chi connectivity index (χ4n) is 5.33. The largest absolute Gasteiger partial charge is 0.378 e. The Morgan fingerprint density at radius 2 is 1.74 bits per heavy atom. The van der Waals surface area contributed by atoms with Crippen molar-refractivity contribution in [3.05, 3.63) is 130 Å². The highest BCUT2D eigenvalue weighted by Crippen LogP contribution is 2.49. The first-order valence-electron chi connectivity index (χ1n) is 12.8. The fraction of sp³-hybridized carbons (Fsp3) is 0.156. The van der Waals surface area contributed by atoms with Crippen LogP contribution >= 0.6 is 11.6 Å². The summed E-state index contributed by atoms with van der Waals surface area (Å²) in [6.45, 7) is 1.89. The molecule has 0 aromatic heterocycles. The van der Waals surface area contributed by atoms with Gasteiger partial charge in [0.05, 0.1) is 16.8 Å². The van der Waals surface area contributed by atoms with Crippen molar-refractivity contribution in [2.45, 2.75) is 30.2 Å². The lowest BCUT2D eigenvalue weighted by molar-refractivity contribution is 0.425. The van der Waals surface area contributed by atoms with E-state index in [4.69, 9.17) is 15.8 Å². The Bertz CT molecular complexity index is 1680. The van der Waals surface area contributed by atoms with E-state index >= 15 is 0 Å². The third kappa shape index (κ3) is 5.22. The summed E-state index contributed by atoms with van der Waals surface area (Å²) in [5, 5.41) is 3.94. The number of nitrogens with one attached hydrogen (secondary N) is 1. The summed E-state index contributed by atoms with van der Waals surface area (Å²) in [5.74, 6) is 1.00. The number of halogens is 1. The van der Waals surface area contributed by atoms with Gasteiger partial charge in [-0.3, -0.25) is 4.99 Å². The number of aryl methyl sites for hydroxylation is 1. The SMILES string of the molecule is Cc1ccc(S(=O)(=O)Oc2ccc(C=Nc3ccc([C@@H]4Nc5ccccc5[C@H]5C=CC[C@@H]54)cc3)cc2Cl)cc1. The van der Waals surface area contributed by atoms with E-state index in [1.54, 1.807) is 30.5 Å². The number of rotatable bonds is 6. The smallest absolute Gasteiger partial charge is 0.339 e. The third-order valence-corrected chi connectivity index (χ3v) is 8.90. The van der Waals surface area contributed by atoms with Crippen LogP contribution in [0.2, 0.25) is 5.02 Å². The van der Waals surface area contributed by atoms with Crippen LogP contribution in [0, 0.1) is 12.8 Å². The average molecular weight is 555 g/mol. The minimum Gasteiger partial charge on any atom is -0.378 e. The van der Waals surface area contributed by atoms with Crippen LogP contribution in [0.15, 0.2) is 113 Å². The second kappa shape index (κ2) is 10.4. The molecule has 196 valence electrons. The molecular weight excluding hydrogens is 528 g/mol. The summed E-state index contributed by atoms with van der Waals surface area (Å²) in [4.78, 5) is 4.67. The second-order valence-electron chi connectivity index (χ2n) is 9.95. The van der Waals surface area contributed by atoms with Crippen LogP contribution in [-0.4, -0.2) is 14.6 Å². The van der Waals surface area contributed by atoms with Crippen LogP contribution in [0.4, 0.5) is 11.4 Å². The van der Waals surface area contributed by atoms with Gasteiger partial charge in [-0.2, -0.15) is 8.42 Å². The molecule has 39 heavy (non-hydrogen) atoms. The molecule has 3 atom stereocenters. The lowest BCUT2D eigenvalue weighted by Crippen LogP contribution is -2.28. The van der Waals surface area contributed by atoms with Gasteiger partial charge in [0, 0.05) is 17.8 Å². The third-order valence-electron chi connectivity index (χ3n) is 7.35. The number of benzene rings is 4. The predicted octanol–water partition coefficient (Wildman–Crippen LogP) is 7.99. The van der Waals surface area contributed by atoms with Gasteiger partial charge in [-0.05, 0) is 84.5 Å². The molecule has 4 aromatic rings. The number of allylic oxidation sites excluding steroid dienone is 2. The van der Waals surface area contributed by atoms with Crippen molar-refractivity contribution in [3.63, 3.8) is 0 Å². The van der Waals surface area contributed by atoms with Crippen LogP contribution in [-0.2, 0) is 10.1 Å². The van der Waals surface area contributed by atoms with E-state index in [0.29, 0.717) is 11.8 Å². The molecule has 0 bridgehead atoms. The molecule has 4 aromatic carbocycles. The van der Waals surface area contributed by atoms with Crippen LogP contribution in [0.3, 0.4) is 0 Å². The van der Waals surface area contributed by atoms with Gasteiger partial charge in [0.25, 0.3) is 0 Å². The van der Waals surface area contributed by atoms with Gasteiger partial charge in [0.15, 0.2) is 5.75 Å². The first-order valence-corrected chi connectivity index (χ1v) is 14.6. The molecule has 1 N–H and O–H groups in total. The summed E-state index contributed by atoms with van der Waals surface area (Å²) < 4.78 is 30.5. The minimum atomic E-state index is -3.98. The van der Waals surface area contributed by atoms with E-state index in [1.807, 2.05) is 19.1 Å². The molecular formula is C32H27ClN2O3S. The molecule has 1 aliphatic heterocycles. The Morgan fingerprint density at radius 3 is 2.51 bits per heavy atom. The van der Waals surface area contributed by atoms with Gasteiger partial charge in [-0.1, -0.05) is 71.8 Å². The number of para-hydroxylation sites is 1. The molecule has 0 saturated carbocycles. The van der Waals surface area contributed by atoms with E-state index < -0.39 is 10.1 Å². The van der Waals surface area contributed by atoms with Crippen LogP contribution in [0.1, 0.15) is 40.6 Å². The zero-order valence-corrected chi connectivity index (χ0v) is 22.9. The van der Waals surface area contributed by atoms with E-state index in [2.05, 4.69) is 58.9 Å². The zero-order chi connectivity index (χ0) is 27.0. The van der Waals surface area contributed by atoms with Crippen molar-refractivity contribution in [1.82, 2.24) is 0 Å². The lowest BCUT2D eigenvalue weighted by atomic mass is 9.77. The highest BCUT2D eigenvalue weighted by Gasteiger charge is 2.37. The number of aliphatic imine (C=N–C) groups is 1. The van der Waals surface area contributed by atoms with Crippen molar-refractivity contribution in [2.24, 2.45) is 10.9 Å². The molecule has 0 spiro atoms. The molecule has 0 saturated heterocycles. The zero-order valence-electron chi connectivity index (χ0n) is 21.3. The van der Waals surface area contributed by atoms with Crippen molar-refractivity contribution in [1.29, 1.82) is 0 Å². The van der Waals surface area contributed by atoms with Gasteiger partial charge < -0.3 is 9.50 Å². The Balaban J connectivity index is 1.15. The lowest BCUT2D eigenvalue weighted by Gasteiger charge is -2.37. The molecule has 0 radical (unpaired) electrons. The molecule has 2 aliphatic rings. The maximum Gasteiger partial charge on any atom is 0.339 e. The normalized spacial score (nSPS) is 19.9. The van der Waals surface area contributed by atoms with Gasteiger partial charge >= 0.3 is 10.1 Å². The van der Waals surface area contributed by atoms with Crippen molar-refractivity contribution >= 4 is 39.3 Å². The highest BCUT2D eigenvalue weighted by molar-refractivity contribution is 7.87. The first-order chi connectivity index (χ1) is 18.9. The molecule has 5 nitrogen and oxygen atoms in total. The van der Waals surface area contributed by atoms with Gasteiger partial charge in [0.1, 0.15) is 4.90 Å². The molecule has 0 fully saturated rings. The quantitative estimate of drug-likeness (QED) is 0.149. The number of anilines is 1. The molecule has 0 unspecified atom stereocenters.